The van der Waals surface area contributed by atoms with E-state index in [-0.39, 0.29) is 5.97 Å². The quantitative estimate of drug-likeness (QED) is 0.587. The van der Waals surface area contributed by atoms with Gasteiger partial charge in [-0.15, -0.1) is 0 Å². The third-order valence-corrected chi connectivity index (χ3v) is 2.79. The summed E-state index contributed by atoms with van der Waals surface area (Å²) in [5, 5.41) is 0. The molecule has 0 aliphatic rings. The van der Waals surface area contributed by atoms with Crippen LogP contribution in [-0.2, 0) is 16.0 Å². The number of carbonyl (C=O) groups is 1. The van der Waals surface area contributed by atoms with E-state index in [9.17, 15) is 4.79 Å². The van der Waals surface area contributed by atoms with Crippen LogP contribution in [0.5, 0.6) is 0 Å². The zero-order chi connectivity index (χ0) is 12.8. The number of hydrogen-bond acceptors (Lipinski definition) is 2. The maximum absolute atomic E-state index is 11.3. The van der Waals surface area contributed by atoms with Crippen LogP contribution in [0.15, 0.2) is 30.3 Å². The van der Waals surface area contributed by atoms with Gasteiger partial charge >= 0.3 is 5.97 Å². The molecule has 0 aliphatic carbocycles. The van der Waals surface area contributed by atoms with Gasteiger partial charge in [0.1, 0.15) is 0 Å². The van der Waals surface area contributed by atoms with Crippen molar-refractivity contribution < 1.29 is 9.53 Å². The van der Waals surface area contributed by atoms with Gasteiger partial charge in [0.05, 0.1) is 7.11 Å². The van der Waals surface area contributed by atoms with Crippen molar-refractivity contribution in [3.05, 3.63) is 41.5 Å². The topological polar surface area (TPSA) is 26.3 Å². The van der Waals surface area contributed by atoms with E-state index in [2.05, 4.69) is 49.8 Å². The molecule has 0 amide bonds. The van der Waals surface area contributed by atoms with Gasteiger partial charge in [-0.3, -0.25) is 0 Å². The van der Waals surface area contributed by atoms with E-state index >= 15 is 0 Å². The molecule has 2 heteroatoms. The third-order valence-electron chi connectivity index (χ3n) is 2.79. The minimum atomic E-state index is -0.298. The molecule has 0 saturated heterocycles. The largest absolute Gasteiger partial charge is 0.466 e. The summed E-state index contributed by atoms with van der Waals surface area (Å²) >= 11 is 0. The van der Waals surface area contributed by atoms with E-state index < -0.39 is 0 Å². The standard InChI is InChI=1S/C15H20O2/c1-5-12-6-8-13(9-7-12)14(11(2)3)10-15(16)17-4/h6-11H,5H2,1-4H3. The lowest BCUT2D eigenvalue weighted by Gasteiger charge is -2.12. The summed E-state index contributed by atoms with van der Waals surface area (Å²) < 4.78 is 4.68. The number of benzene rings is 1. The van der Waals surface area contributed by atoms with Gasteiger partial charge < -0.3 is 4.74 Å². The van der Waals surface area contributed by atoms with Gasteiger partial charge in [0, 0.05) is 6.08 Å². The van der Waals surface area contributed by atoms with E-state index in [1.54, 1.807) is 6.08 Å². The van der Waals surface area contributed by atoms with Crippen LogP contribution >= 0.6 is 0 Å². The maximum Gasteiger partial charge on any atom is 0.330 e. The van der Waals surface area contributed by atoms with Crippen molar-refractivity contribution in [1.82, 2.24) is 0 Å². The first-order valence-electron chi connectivity index (χ1n) is 5.97. The van der Waals surface area contributed by atoms with Crippen molar-refractivity contribution in [2.45, 2.75) is 27.2 Å². The summed E-state index contributed by atoms with van der Waals surface area (Å²) in [4.78, 5) is 11.3. The molecule has 0 heterocycles. The first-order valence-corrected chi connectivity index (χ1v) is 5.97. The van der Waals surface area contributed by atoms with Gasteiger partial charge in [-0.05, 0) is 29.0 Å². The predicted molar refractivity (Wildman–Crippen MR) is 70.7 cm³/mol. The summed E-state index contributed by atoms with van der Waals surface area (Å²) in [6.45, 7) is 6.27. The maximum atomic E-state index is 11.3. The fourth-order valence-corrected chi connectivity index (χ4v) is 1.70. The average molecular weight is 232 g/mol. The summed E-state index contributed by atoms with van der Waals surface area (Å²) in [7, 11) is 1.40. The van der Waals surface area contributed by atoms with Gasteiger partial charge in [0.15, 0.2) is 0 Å². The molecule has 0 atom stereocenters. The van der Waals surface area contributed by atoms with Crippen LogP contribution < -0.4 is 0 Å². The number of rotatable bonds is 4. The minimum Gasteiger partial charge on any atom is -0.466 e. The van der Waals surface area contributed by atoms with Crippen LogP contribution in [0.25, 0.3) is 5.57 Å². The fraction of sp³-hybridized carbons (Fsp3) is 0.400. The first-order chi connectivity index (χ1) is 8.08. The van der Waals surface area contributed by atoms with Crippen molar-refractivity contribution in [2.24, 2.45) is 5.92 Å². The summed E-state index contributed by atoms with van der Waals surface area (Å²) in [5.41, 5.74) is 3.40. The van der Waals surface area contributed by atoms with Gasteiger partial charge in [0.2, 0.25) is 0 Å². The van der Waals surface area contributed by atoms with E-state index in [4.69, 9.17) is 0 Å². The lowest BCUT2D eigenvalue weighted by Crippen LogP contribution is -2.01. The van der Waals surface area contributed by atoms with E-state index in [0.717, 1.165) is 17.6 Å². The highest BCUT2D eigenvalue weighted by Gasteiger charge is 2.09. The Labute approximate surface area is 103 Å². The smallest absolute Gasteiger partial charge is 0.330 e. The van der Waals surface area contributed by atoms with Crippen molar-refractivity contribution in [1.29, 1.82) is 0 Å². The number of allylic oxidation sites excluding steroid dienone is 1. The predicted octanol–water partition coefficient (Wildman–Crippen LogP) is 3.46. The number of ether oxygens (including phenoxy) is 1. The average Bonchev–Trinajstić information content (AvgIpc) is 2.35. The van der Waals surface area contributed by atoms with E-state index in [0.29, 0.717) is 5.92 Å². The van der Waals surface area contributed by atoms with Crippen LogP contribution in [0.2, 0.25) is 0 Å². The molecular weight excluding hydrogens is 212 g/mol. The Kier molecular flexibility index (Phi) is 4.95. The molecule has 0 unspecified atom stereocenters. The zero-order valence-corrected chi connectivity index (χ0v) is 11.0. The Morgan fingerprint density at radius 2 is 1.88 bits per heavy atom. The fourth-order valence-electron chi connectivity index (χ4n) is 1.70. The number of carbonyl (C=O) groups excluding carboxylic acids is 1. The lowest BCUT2D eigenvalue weighted by molar-refractivity contribution is -0.134. The van der Waals surface area contributed by atoms with Crippen LogP contribution in [-0.4, -0.2) is 13.1 Å². The van der Waals surface area contributed by atoms with Crippen LogP contribution in [0.3, 0.4) is 0 Å². The summed E-state index contributed by atoms with van der Waals surface area (Å²) in [5.74, 6) is -0.00477. The van der Waals surface area contributed by atoms with Crippen molar-refractivity contribution >= 4 is 11.5 Å². The van der Waals surface area contributed by atoms with E-state index in [1.807, 2.05) is 0 Å². The van der Waals surface area contributed by atoms with Gasteiger partial charge in [-0.1, -0.05) is 45.0 Å². The Bertz CT molecular complexity index is 399. The molecule has 0 bridgehead atoms. The molecule has 0 saturated carbocycles. The molecule has 1 rings (SSSR count). The van der Waals surface area contributed by atoms with Crippen molar-refractivity contribution in [3.8, 4) is 0 Å². The number of aryl methyl sites for hydroxylation is 1. The highest BCUT2D eigenvalue weighted by atomic mass is 16.5. The Balaban J connectivity index is 3.05. The van der Waals surface area contributed by atoms with Crippen LogP contribution in [0.1, 0.15) is 31.9 Å². The Morgan fingerprint density at radius 1 is 1.29 bits per heavy atom. The second kappa shape index (κ2) is 6.24. The molecule has 0 aliphatic heterocycles. The minimum absolute atomic E-state index is 0.293. The van der Waals surface area contributed by atoms with Gasteiger partial charge in [-0.2, -0.15) is 0 Å². The second-order valence-corrected chi connectivity index (χ2v) is 4.33. The monoisotopic (exact) mass is 232 g/mol. The lowest BCUT2D eigenvalue weighted by atomic mass is 9.94. The Morgan fingerprint density at radius 3 is 2.29 bits per heavy atom. The number of hydrogen-bond donors (Lipinski definition) is 0. The van der Waals surface area contributed by atoms with Crippen LogP contribution in [0, 0.1) is 5.92 Å². The molecular formula is C15H20O2. The normalized spacial score (nSPS) is 11.7. The zero-order valence-electron chi connectivity index (χ0n) is 11.0. The molecule has 92 valence electrons. The van der Waals surface area contributed by atoms with Crippen molar-refractivity contribution in [2.75, 3.05) is 7.11 Å². The molecule has 1 aromatic carbocycles. The molecule has 0 spiro atoms. The highest BCUT2D eigenvalue weighted by molar-refractivity contribution is 5.91. The number of esters is 1. The SMILES string of the molecule is CCc1ccc(C(=CC(=O)OC)C(C)C)cc1. The highest BCUT2D eigenvalue weighted by Crippen LogP contribution is 2.23. The molecule has 0 aromatic heterocycles. The molecule has 0 radical (unpaired) electrons. The summed E-state index contributed by atoms with van der Waals surface area (Å²) in [6.07, 6.45) is 2.60. The Hall–Kier alpha value is -1.57. The third kappa shape index (κ3) is 3.74. The number of methoxy groups -OCH3 is 1. The second-order valence-electron chi connectivity index (χ2n) is 4.33. The molecule has 2 nitrogen and oxygen atoms in total. The van der Waals surface area contributed by atoms with E-state index in [1.165, 1.54) is 12.7 Å². The van der Waals surface area contributed by atoms with Crippen molar-refractivity contribution in [3.63, 3.8) is 0 Å². The molecule has 1 aromatic rings. The molecule has 0 N–H and O–H groups in total. The molecule has 17 heavy (non-hydrogen) atoms. The van der Waals surface area contributed by atoms with Gasteiger partial charge in [0.25, 0.3) is 0 Å². The van der Waals surface area contributed by atoms with Gasteiger partial charge in [-0.25, -0.2) is 4.79 Å². The first kappa shape index (κ1) is 13.5. The summed E-state index contributed by atoms with van der Waals surface area (Å²) in [6, 6.07) is 8.33. The van der Waals surface area contributed by atoms with Crippen LogP contribution in [0.4, 0.5) is 0 Å². The molecule has 0 fully saturated rings.